The monoisotopic (exact) mass is 710 g/mol. The van der Waals surface area contributed by atoms with Crippen LogP contribution >= 0.6 is 0 Å². The number of carbonyl (C=O) groups is 2. The van der Waals surface area contributed by atoms with E-state index in [4.69, 9.17) is 0 Å². The smallest absolute Gasteiger partial charge is 0.369 e. The molecule has 0 spiro atoms. The summed E-state index contributed by atoms with van der Waals surface area (Å²) in [6.07, 6.45) is -1.38. The zero-order valence-electron chi connectivity index (χ0n) is 27.4. The van der Waals surface area contributed by atoms with Crippen LogP contribution in [0.4, 0.5) is 35.4 Å². The Labute approximate surface area is 289 Å². The largest absolute Gasteiger partial charge is 0.419 e. The minimum Gasteiger partial charge on any atom is -0.369 e. The van der Waals surface area contributed by atoms with Gasteiger partial charge in [0.15, 0.2) is 5.82 Å². The summed E-state index contributed by atoms with van der Waals surface area (Å²) in [6, 6.07) is 13.5. The standard InChI is InChI=1S/C33H37F3N10O3S/c1-42-28-18-25(5-6-27(28)30(41-42)46-12-9-29(47)40-32(46)48)44-15-13-43(14-16-44)21-22-3-2-4-26(17-22)50(49)45-10-7-24(8-11-45)39-31-37-19-23(20-38-31)33(34,35)36/h2-6,17-20,24H,7-16,21H2,1H3,(H,37,38,39)(H,40,47,48). The number of benzene rings is 2. The number of hydrogen-bond donors (Lipinski definition) is 2. The Morgan fingerprint density at radius 1 is 0.960 bits per heavy atom. The average Bonchev–Trinajstić information content (AvgIpc) is 3.43. The Kier molecular flexibility index (Phi) is 9.45. The molecule has 3 aliphatic rings. The predicted octanol–water partition coefficient (Wildman–Crippen LogP) is 3.75. The molecule has 0 bridgehead atoms. The molecular weight excluding hydrogens is 673 g/mol. The van der Waals surface area contributed by atoms with Crippen molar-refractivity contribution in [2.45, 2.75) is 42.9 Å². The maximum atomic E-state index is 13.5. The molecule has 17 heteroatoms. The molecule has 264 valence electrons. The molecule has 7 rings (SSSR count). The van der Waals surface area contributed by atoms with Crippen LogP contribution in [0.25, 0.3) is 10.9 Å². The van der Waals surface area contributed by atoms with Gasteiger partial charge in [0.2, 0.25) is 11.9 Å². The van der Waals surface area contributed by atoms with Crippen LogP contribution in [-0.4, -0.2) is 97.0 Å². The SMILES string of the molecule is Cn1nc(N2CCC(=O)NC2=O)c2ccc(N3CCN(Cc4cccc(S(=O)N5CCC(Nc6ncc(C(F)(F)F)cn6)CC5)c4)CC3)cc21. The van der Waals surface area contributed by atoms with Crippen LogP contribution in [0.3, 0.4) is 0 Å². The second kappa shape index (κ2) is 14.0. The number of anilines is 3. The van der Waals surface area contributed by atoms with E-state index in [0.717, 1.165) is 72.2 Å². The zero-order valence-corrected chi connectivity index (χ0v) is 28.2. The molecule has 0 radical (unpaired) electrons. The summed E-state index contributed by atoms with van der Waals surface area (Å²) in [5.41, 5.74) is 2.18. The molecule has 1 atom stereocenters. The van der Waals surface area contributed by atoms with Crippen molar-refractivity contribution in [1.29, 1.82) is 0 Å². The number of halogens is 3. The van der Waals surface area contributed by atoms with Gasteiger partial charge in [0, 0.05) is 95.3 Å². The van der Waals surface area contributed by atoms with E-state index in [1.54, 1.807) is 4.68 Å². The highest BCUT2D eigenvalue weighted by molar-refractivity contribution is 7.82. The number of nitrogens with one attached hydrogen (secondary N) is 2. The fraction of sp³-hybridized carbons (Fsp3) is 0.424. The highest BCUT2D eigenvalue weighted by atomic mass is 32.2. The van der Waals surface area contributed by atoms with E-state index in [9.17, 15) is 27.0 Å². The van der Waals surface area contributed by atoms with Crippen molar-refractivity contribution < 1.29 is 27.0 Å². The molecule has 3 saturated heterocycles. The lowest BCUT2D eigenvalue weighted by atomic mass is 10.1. The minimum atomic E-state index is -4.48. The van der Waals surface area contributed by atoms with Crippen LogP contribution in [0.15, 0.2) is 59.8 Å². The fourth-order valence-electron chi connectivity index (χ4n) is 6.61. The Hall–Kier alpha value is -4.61. The lowest BCUT2D eigenvalue weighted by molar-refractivity contribution is -0.138. The number of piperidine rings is 1. The number of rotatable bonds is 8. The number of nitrogens with zero attached hydrogens (tertiary/aromatic N) is 8. The molecule has 3 aliphatic heterocycles. The number of hydrogen-bond acceptors (Lipinski definition) is 9. The molecule has 0 saturated carbocycles. The van der Waals surface area contributed by atoms with Crippen LogP contribution in [0.5, 0.6) is 0 Å². The lowest BCUT2D eigenvalue weighted by Gasteiger charge is -2.36. The molecule has 3 fully saturated rings. The van der Waals surface area contributed by atoms with Crippen molar-refractivity contribution in [3.8, 4) is 0 Å². The summed E-state index contributed by atoms with van der Waals surface area (Å²) in [6.45, 7) is 5.54. The zero-order chi connectivity index (χ0) is 35.0. The van der Waals surface area contributed by atoms with E-state index in [1.807, 2.05) is 35.6 Å². The van der Waals surface area contributed by atoms with Gasteiger partial charge in [-0.05, 0) is 48.7 Å². The van der Waals surface area contributed by atoms with Gasteiger partial charge in [-0.3, -0.25) is 24.6 Å². The maximum Gasteiger partial charge on any atom is 0.419 e. The molecule has 2 aromatic carbocycles. The topological polar surface area (TPSA) is 132 Å². The number of aryl methyl sites for hydroxylation is 1. The summed E-state index contributed by atoms with van der Waals surface area (Å²) in [4.78, 5) is 38.6. The van der Waals surface area contributed by atoms with Crippen LogP contribution in [-0.2, 0) is 35.5 Å². The molecule has 2 aromatic heterocycles. The van der Waals surface area contributed by atoms with Crippen LogP contribution in [0, 0.1) is 0 Å². The van der Waals surface area contributed by atoms with Crippen molar-refractivity contribution in [3.05, 3.63) is 66.0 Å². The maximum absolute atomic E-state index is 13.5. The number of amides is 3. The second-order valence-electron chi connectivity index (χ2n) is 12.7. The van der Waals surface area contributed by atoms with Crippen molar-refractivity contribution >= 4 is 51.3 Å². The van der Waals surface area contributed by atoms with Gasteiger partial charge in [0.05, 0.1) is 16.0 Å². The number of imide groups is 1. The number of alkyl halides is 3. The third-order valence-electron chi connectivity index (χ3n) is 9.37. The number of piperazine rings is 1. The molecule has 1 unspecified atom stereocenters. The number of aromatic nitrogens is 4. The molecule has 2 N–H and O–H groups in total. The van der Waals surface area contributed by atoms with Gasteiger partial charge >= 0.3 is 12.2 Å². The average molecular weight is 711 g/mol. The number of fused-ring (bicyclic) bond motifs is 1. The van der Waals surface area contributed by atoms with E-state index in [1.165, 1.54) is 4.90 Å². The Morgan fingerprint density at radius 2 is 1.70 bits per heavy atom. The Morgan fingerprint density at radius 3 is 2.40 bits per heavy atom. The van der Waals surface area contributed by atoms with Gasteiger partial charge in [-0.15, -0.1) is 0 Å². The summed E-state index contributed by atoms with van der Waals surface area (Å²) in [5, 5.41) is 10.9. The first-order valence-corrected chi connectivity index (χ1v) is 17.6. The van der Waals surface area contributed by atoms with E-state index in [2.05, 4.69) is 53.7 Å². The highest BCUT2D eigenvalue weighted by Crippen LogP contribution is 2.31. The second-order valence-corrected chi connectivity index (χ2v) is 14.2. The summed E-state index contributed by atoms with van der Waals surface area (Å²) >= 11 is 0. The van der Waals surface area contributed by atoms with Crippen LogP contribution in [0.2, 0.25) is 0 Å². The first-order valence-electron chi connectivity index (χ1n) is 16.5. The predicted molar refractivity (Wildman–Crippen MR) is 182 cm³/mol. The van der Waals surface area contributed by atoms with Crippen LogP contribution in [0.1, 0.15) is 30.4 Å². The molecule has 0 aliphatic carbocycles. The van der Waals surface area contributed by atoms with Gasteiger partial charge in [-0.25, -0.2) is 23.3 Å². The Bertz CT molecular complexity index is 1910. The summed E-state index contributed by atoms with van der Waals surface area (Å²) < 4.78 is 55.6. The first kappa shape index (κ1) is 33.9. The Balaban J connectivity index is 0.909. The van der Waals surface area contributed by atoms with E-state index in [-0.39, 0.29) is 24.3 Å². The van der Waals surface area contributed by atoms with Crippen molar-refractivity contribution in [2.75, 3.05) is 60.9 Å². The molecule has 4 aromatic rings. The van der Waals surface area contributed by atoms with Gasteiger partial charge in [0.1, 0.15) is 11.0 Å². The molecule has 3 amide bonds. The first-order chi connectivity index (χ1) is 24.0. The van der Waals surface area contributed by atoms with Crippen molar-refractivity contribution in [1.82, 2.24) is 34.3 Å². The van der Waals surface area contributed by atoms with Crippen LogP contribution < -0.4 is 20.4 Å². The van der Waals surface area contributed by atoms with Crippen molar-refractivity contribution in [2.24, 2.45) is 7.05 Å². The number of carbonyl (C=O) groups excluding carboxylic acids is 2. The molecular formula is C33H37F3N10O3S. The number of urea groups is 1. The summed E-state index contributed by atoms with van der Waals surface area (Å²) in [5.74, 6) is 0.414. The third kappa shape index (κ3) is 7.29. The van der Waals surface area contributed by atoms with E-state index in [0.29, 0.717) is 38.3 Å². The van der Waals surface area contributed by atoms with E-state index < -0.39 is 28.8 Å². The molecule has 13 nitrogen and oxygen atoms in total. The minimum absolute atomic E-state index is 0.0238. The van der Waals surface area contributed by atoms with Gasteiger partial charge in [0.25, 0.3) is 0 Å². The van der Waals surface area contributed by atoms with Gasteiger partial charge < -0.3 is 10.2 Å². The summed E-state index contributed by atoms with van der Waals surface area (Å²) in [7, 11) is 0.517. The fourth-order valence-corrected chi connectivity index (χ4v) is 7.90. The normalized spacial score (nSPS) is 19.2. The molecule has 5 heterocycles. The molecule has 50 heavy (non-hydrogen) atoms. The van der Waals surface area contributed by atoms with Gasteiger partial charge in [-0.1, -0.05) is 12.1 Å². The van der Waals surface area contributed by atoms with E-state index >= 15 is 0 Å². The lowest BCUT2D eigenvalue weighted by Crippen LogP contribution is -2.49. The van der Waals surface area contributed by atoms with Gasteiger partial charge in [-0.2, -0.15) is 18.3 Å². The quantitative estimate of drug-likeness (QED) is 0.281. The third-order valence-corrected chi connectivity index (χ3v) is 10.9. The van der Waals surface area contributed by atoms with Crippen molar-refractivity contribution in [3.63, 3.8) is 0 Å². The highest BCUT2D eigenvalue weighted by Gasteiger charge is 2.32.